The van der Waals surface area contributed by atoms with Crippen LogP contribution in [0.2, 0.25) is 0 Å². The molecule has 0 spiro atoms. The summed E-state index contributed by atoms with van der Waals surface area (Å²) in [6, 6.07) is 13.9. The van der Waals surface area contributed by atoms with Crippen molar-refractivity contribution in [3.63, 3.8) is 0 Å². The van der Waals surface area contributed by atoms with E-state index in [-0.39, 0.29) is 25.7 Å². The molecule has 0 saturated carbocycles. The number of benzene rings is 2. The zero-order valence-corrected chi connectivity index (χ0v) is 13.2. The number of hydrogen-bond acceptors (Lipinski definition) is 5. The second-order valence-electron chi connectivity index (χ2n) is 5.29. The van der Waals surface area contributed by atoms with Gasteiger partial charge in [-0.25, -0.2) is 0 Å². The minimum Gasteiger partial charge on any atom is -0.454 e. The maximum atomic E-state index is 12.3. The van der Waals surface area contributed by atoms with E-state index in [2.05, 4.69) is 10.6 Å². The van der Waals surface area contributed by atoms with Crippen molar-refractivity contribution in [1.82, 2.24) is 5.32 Å². The summed E-state index contributed by atoms with van der Waals surface area (Å²) in [5.41, 5.74) is 1.76. The Labute approximate surface area is 144 Å². The van der Waals surface area contributed by atoms with Crippen molar-refractivity contribution in [2.45, 2.75) is 13.0 Å². The van der Waals surface area contributed by atoms with Crippen LogP contribution < -0.4 is 20.1 Å². The number of nitrogens with zero attached hydrogens (tertiary/aromatic N) is 1. The molecule has 126 valence electrons. The summed E-state index contributed by atoms with van der Waals surface area (Å²) in [4.78, 5) is 23.9. The van der Waals surface area contributed by atoms with Gasteiger partial charge in [-0.1, -0.05) is 18.2 Å². The number of ether oxygens (including phenoxy) is 2. The lowest BCUT2D eigenvalue weighted by atomic mass is 10.1. The predicted molar refractivity (Wildman–Crippen MR) is 89.0 cm³/mol. The first kappa shape index (κ1) is 16.3. The van der Waals surface area contributed by atoms with E-state index in [0.717, 1.165) is 5.56 Å². The predicted octanol–water partition coefficient (Wildman–Crippen LogP) is 2.20. The van der Waals surface area contributed by atoms with Gasteiger partial charge in [0.1, 0.15) is 6.42 Å². The number of amides is 2. The number of nitriles is 1. The molecule has 2 amide bonds. The number of rotatable bonds is 5. The minimum atomic E-state index is -0.392. The fraction of sp³-hybridized carbons (Fsp3) is 0.167. The summed E-state index contributed by atoms with van der Waals surface area (Å²) in [5, 5.41) is 14.0. The third-order valence-corrected chi connectivity index (χ3v) is 3.61. The molecule has 2 N–H and O–H groups in total. The van der Waals surface area contributed by atoms with Crippen LogP contribution in [0, 0.1) is 11.3 Å². The van der Waals surface area contributed by atoms with E-state index in [1.165, 1.54) is 0 Å². The maximum Gasteiger partial charge on any atom is 0.251 e. The maximum absolute atomic E-state index is 12.3. The third kappa shape index (κ3) is 3.87. The smallest absolute Gasteiger partial charge is 0.251 e. The highest BCUT2D eigenvalue weighted by molar-refractivity contribution is 5.95. The van der Waals surface area contributed by atoms with E-state index in [0.29, 0.717) is 22.7 Å². The van der Waals surface area contributed by atoms with E-state index >= 15 is 0 Å². The van der Waals surface area contributed by atoms with Crippen LogP contribution in [-0.4, -0.2) is 18.6 Å². The molecule has 1 heterocycles. The van der Waals surface area contributed by atoms with Gasteiger partial charge < -0.3 is 20.1 Å². The van der Waals surface area contributed by atoms with Gasteiger partial charge in [-0.3, -0.25) is 9.59 Å². The number of anilines is 1. The monoisotopic (exact) mass is 337 g/mol. The summed E-state index contributed by atoms with van der Waals surface area (Å²) >= 11 is 0. The molecule has 2 aromatic rings. The van der Waals surface area contributed by atoms with E-state index in [1.54, 1.807) is 42.5 Å². The number of hydrogen-bond donors (Lipinski definition) is 2. The highest BCUT2D eigenvalue weighted by Crippen LogP contribution is 2.32. The SMILES string of the molecule is N#CCC(=O)Nc1ccccc1CNC(=O)c1ccc2c(c1)OCO2. The number of nitrogens with one attached hydrogen (secondary N) is 2. The van der Waals surface area contributed by atoms with Gasteiger partial charge in [0.2, 0.25) is 12.7 Å². The van der Waals surface area contributed by atoms with Gasteiger partial charge in [-0.2, -0.15) is 5.26 Å². The number of para-hydroxylation sites is 1. The van der Waals surface area contributed by atoms with E-state index < -0.39 is 5.91 Å². The Kier molecular flexibility index (Phi) is 4.81. The molecule has 7 nitrogen and oxygen atoms in total. The molecule has 1 aliphatic heterocycles. The third-order valence-electron chi connectivity index (χ3n) is 3.61. The van der Waals surface area contributed by atoms with Gasteiger partial charge in [-0.15, -0.1) is 0 Å². The van der Waals surface area contributed by atoms with Crippen LogP contribution in [0.15, 0.2) is 42.5 Å². The molecule has 0 saturated heterocycles. The second-order valence-corrected chi connectivity index (χ2v) is 5.29. The van der Waals surface area contributed by atoms with Crippen molar-refractivity contribution in [3.05, 3.63) is 53.6 Å². The quantitative estimate of drug-likeness (QED) is 0.871. The lowest BCUT2D eigenvalue weighted by Gasteiger charge is -2.11. The van der Waals surface area contributed by atoms with Crippen LogP contribution in [0.1, 0.15) is 22.3 Å². The van der Waals surface area contributed by atoms with Crippen LogP contribution in [0.25, 0.3) is 0 Å². The fourth-order valence-corrected chi connectivity index (χ4v) is 2.38. The highest BCUT2D eigenvalue weighted by Gasteiger charge is 2.16. The first-order valence-electron chi connectivity index (χ1n) is 7.60. The molecular weight excluding hydrogens is 322 g/mol. The van der Waals surface area contributed by atoms with Crippen molar-refractivity contribution >= 4 is 17.5 Å². The van der Waals surface area contributed by atoms with Crippen molar-refractivity contribution < 1.29 is 19.1 Å². The molecule has 0 fully saturated rings. The summed E-state index contributed by atoms with van der Waals surface area (Å²) in [6.07, 6.45) is -0.224. The minimum absolute atomic E-state index is 0.149. The Hall–Kier alpha value is -3.53. The molecule has 1 aliphatic rings. The number of fused-ring (bicyclic) bond motifs is 1. The fourth-order valence-electron chi connectivity index (χ4n) is 2.38. The summed E-state index contributed by atoms with van der Waals surface area (Å²) in [7, 11) is 0. The summed E-state index contributed by atoms with van der Waals surface area (Å²) < 4.78 is 10.5. The Bertz CT molecular complexity index is 858. The van der Waals surface area contributed by atoms with E-state index in [1.807, 2.05) is 6.07 Å². The van der Waals surface area contributed by atoms with Gasteiger partial charge in [0.15, 0.2) is 11.5 Å². The molecule has 25 heavy (non-hydrogen) atoms. The summed E-state index contributed by atoms with van der Waals surface area (Å²) in [6.45, 7) is 0.381. The number of carbonyl (C=O) groups is 2. The molecule has 7 heteroatoms. The molecule has 0 unspecified atom stereocenters. The molecule has 3 rings (SSSR count). The molecule has 0 atom stereocenters. The van der Waals surface area contributed by atoms with E-state index in [9.17, 15) is 9.59 Å². The first-order chi connectivity index (χ1) is 12.2. The van der Waals surface area contributed by atoms with Crippen LogP contribution in [0.5, 0.6) is 11.5 Å². The Morgan fingerprint density at radius 3 is 2.76 bits per heavy atom. The van der Waals surface area contributed by atoms with Crippen molar-refractivity contribution in [3.8, 4) is 17.6 Å². The number of carbonyl (C=O) groups excluding carboxylic acids is 2. The normalized spacial score (nSPS) is 11.5. The summed E-state index contributed by atoms with van der Waals surface area (Å²) in [5.74, 6) is 0.493. The molecule has 2 aromatic carbocycles. The Balaban J connectivity index is 1.66. The van der Waals surface area contributed by atoms with Gasteiger partial charge in [0.25, 0.3) is 5.91 Å². The topological polar surface area (TPSA) is 100 Å². The van der Waals surface area contributed by atoms with E-state index in [4.69, 9.17) is 14.7 Å². The highest BCUT2D eigenvalue weighted by atomic mass is 16.7. The van der Waals surface area contributed by atoms with Crippen LogP contribution in [0.3, 0.4) is 0 Å². The van der Waals surface area contributed by atoms with Crippen molar-refractivity contribution in [2.75, 3.05) is 12.1 Å². The second kappa shape index (κ2) is 7.36. The van der Waals surface area contributed by atoms with Crippen LogP contribution in [-0.2, 0) is 11.3 Å². The standard InChI is InChI=1S/C18H15N3O4/c19-8-7-17(22)21-14-4-2-1-3-13(14)10-20-18(23)12-5-6-15-16(9-12)25-11-24-15/h1-6,9H,7,10-11H2,(H,20,23)(H,21,22). The Morgan fingerprint density at radius 1 is 1.12 bits per heavy atom. The molecule has 0 aliphatic carbocycles. The van der Waals surface area contributed by atoms with Crippen LogP contribution >= 0.6 is 0 Å². The largest absolute Gasteiger partial charge is 0.454 e. The molecule has 0 bridgehead atoms. The Morgan fingerprint density at radius 2 is 1.92 bits per heavy atom. The van der Waals surface area contributed by atoms with Gasteiger partial charge >= 0.3 is 0 Å². The zero-order valence-electron chi connectivity index (χ0n) is 13.2. The molecular formula is C18H15N3O4. The average Bonchev–Trinajstić information content (AvgIpc) is 3.08. The average molecular weight is 337 g/mol. The van der Waals surface area contributed by atoms with Gasteiger partial charge in [-0.05, 0) is 29.8 Å². The lowest BCUT2D eigenvalue weighted by molar-refractivity contribution is -0.115. The zero-order chi connectivity index (χ0) is 17.6. The first-order valence-corrected chi connectivity index (χ1v) is 7.60. The molecule has 0 aromatic heterocycles. The molecule has 0 radical (unpaired) electrons. The van der Waals surface area contributed by atoms with Gasteiger partial charge in [0.05, 0.1) is 6.07 Å². The van der Waals surface area contributed by atoms with Crippen molar-refractivity contribution in [2.24, 2.45) is 0 Å². The van der Waals surface area contributed by atoms with Crippen LogP contribution in [0.4, 0.5) is 5.69 Å². The lowest BCUT2D eigenvalue weighted by Crippen LogP contribution is -2.23. The van der Waals surface area contributed by atoms with Gasteiger partial charge in [0, 0.05) is 17.8 Å². The van der Waals surface area contributed by atoms with Crippen molar-refractivity contribution in [1.29, 1.82) is 5.26 Å².